The summed E-state index contributed by atoms with van der Waals surface area (Å²) in [4.78, 5) is 19.4. The first-order valence-electron chi connectivity index (χ1n) is 11.0. The number of benzene rings is 2. The second kappa shape index (κ2) is 10.7. The van der Waals surface area contributed by atoms with E-state index in [1.54, 1.807) is 12.3 Å². The molecule has 1 saturated heterocycles. The highest BCUT2D eigenvalue weighted by Crippen LogP contribution is 2.22. The van der Waals surface area contributed by atoms with E-state index in [-0.39, 0.29) is 11.8 Å². The number of amides is 1. The minimum absolute atomic E-state index is 0.0608. The Kier molecular flexibility index (Phi) is 7.29. The topological polar surface area (TPSA) is 54.5 Å². The number of hydrogen-bond donors (Lipinski definition) is 1. The van der Waals surface area contributed by atoms with E-state index in [1.165, 1.54) is 5.56 Å². The number of nitrogens with zero attached hydrogens (tertiary/aromatic N) is 2. The molecule has 1 N–H and O–H groups in total. The number of carbonyl (C=O) groups is 1. The van der Waals surface area contributed by atoms with Crippen molar-refractivity contribution in [3.63, 3.8) is 0 Å². The number of piperidine rings is 1. The molecule has 3 aromatic rings. The molecule has 0 unspecified atom stereocenters. The van der Waals surface area contributed by atoms with Gasteiger partial charge in [-0.3, -0.25) is 4.79 Å². The van der Waals surface area contributed by atoms with Gasteiger partial charge in [0, 0.05) is 12.0 Å². The first-order chi connectivity index (χ1) is 15.3. The number of aryl methyl sites for hydroxylation is 1. The molecule has 31 heavy (non-hydrogen) atoms. The Hall–Kier alpha value is -3.18. The number of para-hydroxylation sites is 1. The van der Waals surface area contributed by atoms with Gasteiger partial charge in [0.1, 0.15) is 5.75 Å². The SMILES string of the molecule is O=C(Nc1ccc(Oc2ccccc2)nc1)C1CCN(CCCc2ccccc2)CC1. The smallest absolute Gasteiger partial charge is 0.227 e. The Balaban J connectivity index is 1.18. The molecule has 2 heterocycles. The maximum Gasteiger partial charge on any atom is 0.227 e. The number of pyridine rings is 1. The van der Waals surface area contributed by atoms with Gasteiger partial charge in [-0.15, -0.1) is 0 Å². The van der Waals surface area contributed by atoms with Crippen LogP contribution in [0.1, 0.15) is 24.8 Å². The van der Waals surface area contributed by atoms with Crippen molar-refractivity contribution in [2.24, 2.45) is 5.92 Å². The quantitative estimate of drug-likeness (QED) is 0.552. The minimum Gasteiger partial charge on any atom is -0.439 e. The summed E-state index contributed by atoms with van der Waals surface area (Å²) in [5.41, 5.74) is 2.10. The molecule has 1 aliphatic heterocycles. The largest absolute Gasteiger partial charge is 0.439 e. The molecule has 4 rings (SSSR count). The first-order valence-corrected chi connectivity index (χ1v) is 11.0. The molecule has 1 fully saturated rings. The first kappa shape index (κ1) is 21.1. The number of nitrogens with one attached hydrogen (secondary N) is 1. The zero-order valence-electron chi connectivity index (χ0n) is 17.7. The van der Waals surface area contributed by atoms with E-state index in [0.717, 1.165) is 51.1 Å². The molecule has 0 bridgehead atoms. The van der Waals surface area contributed by atoms with Gasteiger partial charge in [-0.2, -0.15) is 0 Å². The van der Waals surface area contributed by atoms with Crippen LogP contribution in [0.2, 0.25) is 0 Å². The van der Waals surface area contributed by atoms with Crippen LogP contribution >= 0.6 is 0 Å². The Morgan fingerprint density at radius 1 is 0.968 bits per heavy atom. The van der Waals surface area contributed by atoms with Gasteiger partial charge in [-0.1, -0.05) is 48.5 Å². The van der Waals surface area contributed by atoms with Crippen molar-refractivity contribution in [2.75, 3.05) is 25.0 Å². The summed E-state index contributed by atoms with van der Waals surface area (Å²) in [5, 5.41) is 3.01. The summed E-state index contributed by atoms with van der Waals surface area (Å²) in [7, 11) is 0. The molecular weight excluding hydrogens is 386 g/mol. The van der Waals surface area contributed by atoms with Gasteiger partial charge >= 0.3 is 0 Å². The number of anilines is 1. The van der Waals surface area contributed by atoms with Crippen molar-refractivity contribution in [1.82, 2.24) is 9.88 Å². The molecule has 1 aromatic heterocycles. The third kappa shape index (κ3) is 6.40. The van der Waals surface area contributed by atoms with Gasteiger partial charge < -0.3 is 15.0 Å². The van der Waals surface area contributed by atoms with Gasteiger partial charge in [0.25, 0.3) is 0 Å². The summed E-state index contributed by atoms with van der Waals surface area (Å²) in [6.45, 7) is 3.06. The third-order valence-electron chi connectivity index (χ3n) is 5.71. The Bertz CT molecular complexity index is 937. The summed E-state index contributed by atoms with van der Waals surface area (Å²) in [5.74, 6) is 1.39. The van der Waals surface area contributed by atoms with Crippen LogP contribution in [0.3, 0.4) is 0 Å². The highest BCUT2D eigenvalue weighted by atomic mass is 16.5. The van der Waals surface area contributed by atoms with Crippen LogP contribution in [-0.4, -0.2) is 35.4 Å². The van der Waals surface area contributed by atoms with E-state index >= 15 is 0 Å². The molecule has 0 saturated carbocycles. The minimum atomic E-state index is 0.0608. The molecule has 0 radical (unpaired) electrons. The van der Waals surface area contributed by atoms with E-state index in [0.29, 0.717) is 11.6 Å². The predicted octanol–water partition coefficient (Wildman–Crippen LogP) is 5.16. The molecular formula is C26H29N3O2. The lowest BCUT2D eigenvalue weighted by atomic mass is 9.95. The maximum atomic E-state index is 12.7. The van der Waals surface area contributed by atoms with Crippen LogP contribution in [-0.2, 0) is 11.2 Å². The zero-order valence-corrected chi connectivity index (χ0v) is 17.7. The highest BCUT2D eigenvalue weighted by molar-refractivity contribution is 5.92. The van der Waals surface area contributed by atoms with Crippen molar-refractivity contribution >= 4 is 11.6 Å². The zero-order chi connectivity index (χ0) is 21.3. The van der Waals surface area contributed by atoms with E-state index < -0.39 is 0 Å². The number of rotatable bonds is 8. The summed E-state index contributed by atoms with van der Waals surface area (Å²) in [6.07, 6.45) is 5.72. The van der Waals surface area contributed by atoms with Gasteiger partial charge in [0.05, 0.1) is 11.9 Å². The normalized spacial score (nSPS) is 14.8. The van der Waals surface area contributed by atoms with E-state index in [9.17, 15) is 4.79 Å². The van der Waals surface area contributed by atoms with Crippen molar-refractivity contribution in [1.29, 1.82) is 0 Å². The van der Waals surface area contributed by atoms with E-state index in [1.807, 2.05) is 36.4 Å². The second-order valence-electron chi connectivity index (χ2n) is 7.99. The van der Waals surface area contributed by atoms with Crippen molar-refractivity contribution in [3.05, 3.63) is 84.6 Å². The molecule has 0 spiro atoms. The molecule has 5 nitrogen and oxygen atoms in total. The second-order valence-corrected chi connectivity index (χ2v) is 7.99. The van der Waals surface area contributed by atoms with Crippen LogP contribution in [0, 0.1) is 5.92 Å². The van der Waals surface area contributed by atoms with E-state index in [4.69, 9.17) is 4.74 Å². The fraction of sp³-hybridized carbons (Fsp3) is 0.308. The fourth-order valence-electron chi connectivity index (χ4n) is 3.94. The average molecular weight is 416 g/mol. The van der Waals surface area contributed by atoms with Crippen LogP contribution in [0.25, 0.3) is 0 Å². The number of ether oxygens (including phenoxy) is 1. The van der Waals surface area contributed by atoms with Crippen molar-refractivity contribution in [3.8, 4) is 11.6 Å². The summed E-state index contributed by atoms with van der Waals surface area (Å²) < 4.78 is 5.70. The Morgan fingerprint density at radius 3 is 2.35 bits per heavy atom. The Labute approximate surface area is 184 Å². The standard InChI is InChI=1S/C26H29N3O2/c30-26(28-23-13-14-25(27-20-23)31-24-11-5-2-6-12-24)22-15-18-29(19-16-22)17-7-10-21-8-3-1-4-9-21/h1-6,8-9,11-14,20,22H,7,10,15-19H2,(H,28,30). The molecule has 1 amide bonds. The maximum absolute atomic E-state index is 12.7. The lowest BCUT2D eigenvalue weighted by molar-refractivity contribution is -0.121. The Morgan fingerprint density at radius 2 is 1.68 bits per heavy atom. The summed E-state index contributed by atoms with van der Waals surface area (Å²) in [6, 6.07) is 23.8. The van der Waals surface area contributed by atoms with E-state index in [2.05, 4.69) is 45.5 Å². The van der Waals surface area contributed by atoms with Crippen LogP contribution in [0.5, 0.6) is 11.6 Å². The number of likely N-dealkylation sites (tertiary alicyclic amines) is 1. The van der Waals surface area contributed by atoms with Gasteiger partial charge in [-0.25, -0.2) is 4.98 Å². The van der Waals surface area contributed by atoms with Crippen molar-refractivity contribution < 1.29 is 9.53 Å². The lowest BCUT2D eigenvalue weighted by Crippen LogP contribution is -2.38. The predicted molar refractivity (Wildman–Crippen MR) is 123 cm³/mol. The fourth-order valence-corrected chi connectivity index (χ4v) is 3.94. The van der Waals surface area contributed by atoms with Gasteiger partial charge in [0.2, 0.25) is 11.8 Å². The monoisotopic (exact) mass is 415 g/mol. The van der Waals surface area contributed by atoms with Crippen LogP contribution in [0.15, 0.2) is 79.0 Å². The molecule has 5 heteroatoms. The number of aromatic nitrogens is 1. The molecule has 1 aliphatic rings. The number of hydrogen-bond acceptors (Lipinski definition) is 4. The number of carbonyl (C=O) groups excluding carboxylic acids is 1. The van der Waals surface area contributed by atoms with Crippen molar-refractivity contribution in [2.45, 2.75) is 25.7 Å². The van der Waals surface area contributed by atoms with Crippen LogP contribution in [0.4, 0.5) is 5.69 Å². The summed E-state index contributed by atoms with van der Waals surface area (Å²) >= 11 is 0. The third-order valence-corrected chi connectivity index (χ3v) is 5.71. The molecule has 160 valence electrons. The average Bonchev–Trinajstić information content (AvgIpc) is 2.82. The molecule has 0 atom stereocenters. The van der Waals surface area contributed by atoms with Gasteiger partial charge in [-0.05, 0) is 69.1 Å². The highest BCUT2D eigenvalue weighted by Gasteiger charge is 2.24. The molecule has 2 aromatic carbocycles. The molecule has 0 aliphatic carbocycles. The lowest BCUT2D eigenvalue weighted by Gasteiger charge is -2.31. The van der Waals surface area contributed by atoms with Crippen LogP contribution < -0.4 is 10.1 Å². The van der Waals surface area contributed by atoms with Gasteiger partial charge in [0.15, 0.2) is 0 Å².